The molecule has 1 rings (SSSR count). The molecule has 16 heavy (non-hydrogen) atoms. The fraction of sp³-hybridized carbons (Fsp3) is 0.545. The number of aromatic nitrogens is 1. The first-order valence-corrected chi connectivity index (χ1v) is 6.98. The van der Waals surface area contributed by atoms with Crippen LogP contribution in [0.15, 0.2) is 4.90 Å². The number of nitrogens with zero attached hydrogens (tertiary/aromatic N) is 1. The van der Waals surface area contributed by atoms with Gasteiger partial charge < -0.3 is 5.73 Å². The second-order valence-electron chi connectivity index (χ2n) is 3.77. The van der Waals surface area contributed by atoms with E-state index in [9.17, 15) is 8.42 Å². The van der Waals surface area contributed by atoms with Crippen LogP contribution in [0.4, 0.5) is 5.82 Å². The largest absolute Gasteiger partial charge is 0.383 e. The lowest BCUT2D eigenvalue weighted by Crippen LogP contribution is -2.13. The number of rotatable bonds is 3. The number of hydrogen-bond donors (Lipinski definition) is 1. The molecule has 0 amide bonds. The predicted octanol–water partition coefficient (Wildman–Crippen LogP) is 1.64. The second kappa shape index (κ2) is 4.41. The summed E-state index contributed by atoms with van der Waals surface area (Å²) in [5.74, 6) is 0.167. The maximum Gasteiger partial charge on any atom is 0.182 e. The van der Waals surface area contributed by atoms with Gasteiger partial charge in [-0.1, -0.05) is 13.8 Å². The van der Waals surface area contributed by atoms with Crippen molar-refractivity contribution in [3.8, 4) is 0 Å². The summed E-state index contributed by atoms with van der Waals surface area (Å²) in [5.41, 5.74) is 8.25. The van der Waals surface area contributed by atoms with E-state index in [0.29, 0.717) is 0 Å². The summed E-state index contributed by atoms with van der Waals surface area (Å²) >= 11 is 0. The van der Waals surface area contributed by atoms with Gasteiger partial charge in [-0.3, -0.25) is 0 Å². The minimum atomic E-state index is -3.30. The number of sulfone groups is 1. The van der Waals surface area contributed by atoms with E-state index in [4.69, 9.17) is 5.73 Å². The Morgan fingerprint density at radius 1 is 1.25 bits per heavy atom. The molecule has 0 saturated heterocycles. The maximum absolute atomic E-state index is 11.9. The Hall–Kier alpha value is -1.10. The molecule has 0 unspecified atom stereocenters. The van der Waals surface area contributed by atoms with E-state index in [1.54, 1.807) is 13.8 Å². The van der Waals surface area contributed by atoms with E-state index < -0.39 is 9.84 Å². The van der Waals surface area contributed by atoms with Gasteiger partial charge in [0.15, 0.2) is 9.84 Å². The van der Waals surface area contributed by atoms with Crippen molar-refractivity contribution in [2.45, 2.75) is 39.0 Å². The van der Waals surface area contributed by atoms with Gasteiger partial charge in [-0.05, 0) is 31.4 Å². The standard InChI is InChI=1S/C11H18N2O2S/c1-5-9-7(3)10(16(14,15)6-2)11(12)13-8(9)4/h5-6H2,1-4H3,(H2,12,13). The fourth-order valence-electron chi connectivity index (χ4n) is 1.96. The summed E-state index contributed by atoms with van der Waals surface area (Å²) in [7, 11) is -3.30. The average Bonchev–Trinajstić information content (AvgIpc) is 2.17. The fourth-order valence-corrected chi connectivity index (χ4v) is 3.20. The van der Waals surface area contributed by atoms with Gasteiger partial charge in [-0.15, -0.1) is 0 Å². The van der Waals surface area contributed by atoms with Crippen molar-refractivity contribution < 1.29 is 8.42 Å². The van der Waals surface area contributed by atoms with E-state index in [-0.39, 0.29) is 16.5 Å². The summed E-state index contributed by atoms with van der Waals surface area (Å²) < 4.78 is 23.8. The highest BCUT2D eigenvalue weighted by Crippen LogP contribution is 2.27. The molecular weight excluding hydrogens is 224 g/mol. The SMILES string of the molecule is CCc1c(C)nc(N)c(S(=O)(=O)CC)c1C. The van der Waals surface area contributed by atoms with Gasteiger partial charge in [0.2, 0.25) is 0 Å². The van der Waals surface area contributed by atoms with Crippen LogP contribution < -0.4 is 5.73 Å². The van der Waals surface area contributed by atoms with Crippen molar-refractivity contribution in [3.63, 3.8) is 0 Å². The van der Waals surface area contributed by atoms with Gasteiger partial charge >= 0.3 is 0 Å². The molecule has 0 saturated carbocycles. The van der Waals surface area contributed by atoms with Gasteiger partial charge in [-0.2, -0.15) is 0 Å². The Labute approximate surface area is 96.8 Å². The number of aryl methyl sites for hydroxylation is 1. The van der Waals surface area contributed by atoms with Gasteiger partial charge in [-0.25, -0.2) is 13.4 Å². The molecule has 0 aliphatic carbocycles. The third-order valence-corrected chi connectivity index (χ3v) is 4.69. The van der Waals surface area contributed by atoms with Crippen LogP contribution in [0.25, 0.3) is 0 Å². The van der Waals surface area contributed by atoms with Crippen LogP contribution >= 0.6 is 0 Å². The number of hydrogen-bond acceptors (Lipinski definition) is 4. The van der Waals surface area contributed by atoms with Crippen LogP contribution in [0.1, 0.15) is 30.7 Å². The molecule has 0 atom stereocenters. The molecule has 0 aromatic carbocycles. The normalized spacial score (nSPS) is 11.8. The molecule has 90 valence electrons. The molecular formula is C11H18N2O2S. The molecule has 5 heteroatoms. The first-order valence-electron chi connectivity index (χ1n) is 5.33. The van der Waals surface area contributed by atoms with E-state index >= 15 is 0 Å². The summed E-state index contributed by atoms with van der Waals surface area (Å²) in [6, 6.07) is 0. The molecule has 1 aromatic heterocycles. The van der Waals surface area contributed by atoms with E-state index in [1.807, 2.05) is 13.8 Å². The lowest BCUT2D eigenvalue weighted by molar-refractivity contribution is 0.596. The van der Waals surface area contributed by atoms with Crippen LogP contribution in [0.3, 0.4) is 0 Å². The van der Waals surface area contributed by atoms with Gasteiger partial charge in [0.1, 0.15) is 10.7 Å². The van der Waals surface area contributed by atoms with Crippen LogP contribution in [-0.4, -0.2) is 19.2 Å². The van der Waals surface area contributed by atoms with Crippen LogP contribution in [0.2, 0.25) is 0 Å². The average molecular weight is 242 g/mol. The lowest BCUT2D eigenvalue weighted by Gasteiger charge is -2.14. The molecule has 0 aliphatic heterocycles. The highest BCUT2D eigenvalue weighted by atomic mass is 32.2. The predicted molar refractivity (Wildman–Crippen MR) is 65.2 cm³/mol. The highest BCUT2D eigenvalue weighted by molar-refractivity contribution is 7.91. The summed E-state index contributed by atoms with van der Waals surface area (Å²) in [5, 5.41) is 0. The first kappa shape index (κ1) is 13.0. The summed E-state index contributed by atoms with van der Waals surface area (Å²) in [6.07, 6.45) is 0.761. The van der Waals surface area contributed by atoms with Crippen molar-refractivity contribution in [2.75, 3.05) is 11.5 Å². The van der Waals surface area contributed by atoms with Crippen molar-refractivity contribution in [1.82, 2.24) is 4.98 Å². The van der Waals surface area contributed by atoms with Crippen LogP contribution in [0, 0.1) is 13.8 Å². The first-order chi connectivity index (χ1) is 7.35. The molecule has 0 fully saturated rings. The second-order valence-corrected chi connectivity index (χ2v) is 5.99. The number of nitrogen functional groups attached to an aromatic ring is 1. The number of nitrogens with two attached hydrogens (primary N) is 1. The zero-order chi connectivity index (χ0) is 12.5. The minimum absolute atomic E-state index is 0.0476. The molecule has 1 heterocycles. The van der Waals surface area contributed by atoms with Crippen molar-refractivity contribution >= 4 is 15.7 Å². The van der Waals surface area contributed by atoms with Crippen molar-refractivity contribution in [2.24, 2.45) is 0 Å². The van der Waals surface area contributed by atoms with Gasteiger partial charge in [0.25, 0.3) is 0 Å². The maximum atomic E-state index is 11.9. The Kier molecular flexibility index (Phi) is 3.57. The van der Waals surface area contributed by atoms with E-state index in [1.165, 1.54) is 0 Å². The number of pyridine rings is 1. The molecule has 0 bridgehead atoms. The van der Waals surface area contributed by atoms with Crippen LogP contribution in [-0.2, 0) is 16.3 Å². The molecule has 0 spiro atoms. The lowest BCUT2D eigenvalue weighted by atomic mass is 10.1. The smallest absolute Gasteiger partial charge is 0.182 e. The molecule has 0 radical (unpaired) electrons. The Morgan fingerprint density at radius 2 is 1.81 bits per heavy atom. The van der Waals surface area contributed by atoms with Crippen molar-refractivity contribution in [3.05, 3.63) is 16.8 Å². The zero-order valence-corrected chi connectivity index (χ0v) is 11.0. The zero-order valence-electron chi connectivity index (χ0n) is 10.2. The van der Waals surface area contributed by atoms with Crippen molar-refractivity contribution in [1.29, 1.82) is 0 Å². The summed E-state index contributed by atoms with van der Waals surface area (Å²) in [4.78, 5) is 4.32. The Bertz CT molecular complexity index is 507. The summed E-state index contributed by atoms with van der Waals surface area (Å²) in [6.45, 7) is 7.24. The third-order valence-electron chi connectivity index (χ3n) is 2.80. The van der Waals surface area contributed by atoms with E-state index in [2.05, 4.69) is 4.98 Å². The molecule has 4 nitrogen and oxygen atoms in total. The topological polar surface area (TPSA) is 73.0 Å². The van der Waals surface area contributed by atoms with E-state index in [0.717, 1.165) is 23.2 Å². The highest BCUT2D eigenvalue weighted by Gasteiger charge is 2.22. The van der Waals surface area contributed by atoms with Gasteiger partial charge in [0.05, 0.1) is 5.75 Å². The molecule has 1 aromatic rings. The third kappa shape index (κ3) is 2.04. The quantitative estimate of drug-likeness (QED) is 0.874. The van der Waals surface area contributed by atoms with Gasteiger partial charge in [0, 0.05) is 5.69 Å². The minimum Gasteiger partial charge on any atom is -0.383 e. The molecule has 0 aliphatic rings. The number of anilines is 1. The monoisotopic (exact) mass is 242 g/mol. The van der Waals surface area contributed by atoms with Crippen LogP contribution in [0.5, 0.6) is 0 Å². The Balaban J connectivity index is 3.65. The Morgan fingerprint density at radius 3 is 2.25 bits per heavy atom. The molecule has 2 N–H and O–H groups in total.